The van der Waals surface area contributed by atoms with Crippen LogP contribution >= 0.6 is 0 Å². The number of carbonyl (C=O) groups is 2. The van der Waals surface area contributed by atoms with Gasteiger partial charge in [-0.05, 0) is 18.6 Å². The molecule has 1 aromatic rings. The lowest BCUT2D eigenvalue weighted by atomic mass is 10.1. The molecule has 0 aliphatic rings. The third-order valence-electron chi connectivity index (χ3n) is 2.37. The van der Waals surface area contributed by atoms with E-state index in [9.17, 15) is 9.59 Å². The van der Waals surface area contributed by atoms with Gasteiger partial charge in [0.15, 0.2) is 0 Å². The molecule has 18 heavy (non-hydrogen) atoms. The second-order valence-electron chi connectivity index (χ2n) is 4.04. The topological polar surface area (TPSA) is 105 Å². The van der Waals surface area contributed by atoms with E-state index in [0.29, 0.717) is 5.69 Å². The van der Waals surface area contributed by atoms with Gasteiger partial charge in [0, 0.05) is 12.5 Å². The fourth-order valence-corrected chi connectivity index (χ4v) is 1.52. The molecule has 6 nitrogen and oxygen atoms in total. The third-order valence-corrected chi connectivity index (χ3v) is 2.37. The SMILES string of the molecule is CCCC(N)CC(=O)Nc1ccc(C(=O)O)nc1. The van der Waals surface area contributed by atoms with E-state index in [1.54, 1.807) is 0 Å². The molecule has 1 atom stereocenters. The van der Waals surface area contributed by atoms with Gasteiger partial charge in [0.1, 0.15) is 5.69 Å². The zero-order chi connectivity index (χ0) is 13.5. The van der Waals surface area contributed by atoms with E-state index in [1.807, 2.05) is 6.92 Å². The van der Waals surface area contributed by atoms with E-state index in [4.69, 9.17) is 10.8 Å². The van der Waals surface area contributed by atoms with E-state index in [0.717, 1.165) is 12.8 Å². The van der Waals surface area contributed by atoms with Crippen LogP contribution in [0.15, 0.2) is 18.3 Å². The Bertz CT molecular complexity index is 417. The molecule has 4 N–H and O–H groups in total. The highest BCUT2D eigenvalue weighted by atomic mass is 16.4. The van der Waals surface area contributed by atoms with Gasteiger partial charge in [-0.3, -0.25) is 4.79 Å². The minimum absolute atomic E-state index is 0.0596. The largest absolute Gasteiger partial charge is 0.477 e. The number of nitrogens with zero attached hydrogens (tertiary/aromatic N) is 1. The van der Waals surface area contributed by atoms with Crippen LogP contribution in [0.1, 0.15) is 36.7 Å². The number of carbonyl (C=O) groups excluding carboxylic acids is 1. The molecular weight excluding hydrogens is 234 g/mol. The highest BCUT2D eigenvalue weighted by molar-refractivity contribution is 5.91. The molecule has 0 spiro atoms. The van der Waals surface area contributed by atoms with Crippen molar-refractivity contribution >= 4 is 17.6 Å². The standard InChI is InChI=1S/C12H17N3O3/c1-2-3-8(13)6-11(16)15-9-4-5-10(12(17)18)14-7-9/h4-5,7-8H,2-3,6,13H2,1H3,(H,15,16)(H,17,18). The average Bonchev–Trinajstić information content (AvgIpc) is 2.29. The third kappa shape index (κ3) is 4.50. The molecule has 6 heteroatoms. The van der Waals surface area contributed by atoms with E-state index in [2.05, 4.69) is 10.3 Å². The molecule has 1 unspecified atom stereocenters. The lowest BCUT2D eigenvalue weighted by Crippen LogP contribution is -2.26. The van der Waals surface area contributed by atoms with Crippen LogP contribution < -0.4 is 11.1 Å². The smallest absolute Gasteiger partial charge is 0.354 e. The maximum Gasteiger partial charge on any atom is 0.354 e. The number of nitrogens with one attached hydrogen (secondary N) is 1. The van der Waals surface area contributed by atoms with Gasteiger partial charge in [-0.25, -0.2) is 9.78 Å². The first-order valence-corrected chi connectivity index (χ1v) is 5.77. The second-order valence-corrected chi connectivity index (χ2v) is 4.04. The van der Waals surface area contributed by atoms with Gasteiger partial charge in [-0.15, -0.1) is 0 Å². The Morgan fingerprint density at radius 1 is 1.50 bits per heavy atom. The normalized spacial score (nSPS) is 11.9. The first kappa shape index (κ1) is 14.1. The molecule has 0 saturated heterocycles. The molecule has 0 bridgehead atoms. The van der Waals surface area contributed by atoms with E-state index >= 15 is 0 Å². The highest BCUT2D eigenvalue weighted by Gasteiger charge is 2.09. The van der Waals surface area contributed by atoms with Crippen molar-refractivity contribution in [2.75, 3.05) is 5.32 Å². The number of nitrogens with two attached hydrogens (primary N) is 1. The summed E-state index contributed by atoms with van der Waals surface area (Å²) < 4.78 is 0. The number of anilines is 1. The van der Waals surface area contributed by atoms with Crippen molar-refractivity contribution in [1.82, 2.24) is 4.98 Å². The second kappa shape index (κ2) is 6.70. The van der Waals surface area contributed by atoms with Gasteiger partial charge in [0.05, 0.1) is 11.9 Å². The lowest BCUT2D eigenvalue weighted by Gasteiger charge is -2.10. The summed E-state index contributed by atoms with van der Waals surface area (Å²) in [7, 11) is 0. The number of carboxylic acid groups (broad SMARTS) is 1. The summed E-state index contributed by atoms with van der Waals surface area (Å²) >= 11 is 0. The molecule has 0 aliphatic carbocycles. The van der Waals surface area contributed by atoms with Crippen molar-refractivity contribution in [3.05, 3.63) is 24.0 Å². The monoisotopic (exact) mass is 251 g/mol. The number of aromatic nitrogens is 1. The molecule has 0 aromatic carbocycles. The molecule has 0 radical (unpaired) electrons. The zero-order valence-corrected chi connectivity index (χ0v) is 10.2. The predicted octanol–water partition coefficient (Wildman–Crippen LogP) is 1.24. The van der Waals surface area contributed by atoms with Crippen molar-refractivity contribution in [3.63, 3.8) is 0 Å². The molecular formula is C12H17N3O3. The Hall–Kier alpha value is -1.95. The number of rotatable bonds is 6. The van der Waals surface area contributed by atoms with Gasteiger partial charge in [-0.1, -0.05) is 13.3 Å². The quantitative estimate of drug-likeness (QED) is 0.705. The Morgan fingerprint density at radius 2 is 2.22 bits per heavy atom. The van der Waals surface area contributed by atoms with Gasteiger partial charge >= 0.3 is 5.97 Å². The minimum Gasteiger partial charge on any atom is -0.477 e. The summed E-state index contributed by atoms with van der Waals surface area (Å²) in [4.78, 5) is 25.9. The van der Waals surface area contributed by atoms with E-state index < -0.39 is 5.97 Å². The highest BCUT2D eigenvalue weighted by Crippen LogP contribution is 2.08. The molecule has 1 amide bonds. The van der Waals surface area contributed by atoms with Crippen LogP contribution in [0.5, 0.6) is 0 Å². The number of hydrogen-bond acceptors (Lipinski definition) is 4. The van der Waals surface area contributed by atoms with Crippen molar-refractivity contribution in [2.45, 2.75) is 32.2 Å². The zero-order valence-electron chi connectivity index (χ0n) is 10.2. The first-order chi connectivity index (χ1) is 8.52. The predicted molar refractivity (Wildman–Crippen MR) is 67.3 cm³/mol. The fourth-order valence-electron chi connectivity index (χ4n) is 1.52. The molecule has 0 fully saturated rings. The number of carboxylic acids is 1. The van der Waals surface area contributed by atoms with Crippen LogP contribution in [0.3, 0.4) is 0 Å². The Balaban J connectivity index is 2.51. The van der Waals surface area contributed by atoms with Crippen molar-refractivity contribution < 1.29 is 14.7 Å². The summed E-state index contributed by atoms with van der Waals surface area (Å²) in [5.74, 6) is -1.29. The molecule has 98 valence electrons. The average molecular weight is 251 g/mol. The van der Waals surface area contributed by atoms with Crippen molar-refractivity contribution in [3.8, 4) is 0 Å². The van der Waals surface area contributed by atoms with Gasteiger partial charge < -0.3 is 16.2 Å². The molecule has 0 aliphatic heterocycles. The van der Waals surface area contributed by atoms with Crippen molar-refractivity contribution in [2.24, 2.45) is 5.73 Å². The molecule has 1 heterocycles. The molecule has 1 rings (SSSR count). The van der Waals surface area contributed by atoms with Crippen LogP contribution in [-0.2, 0) is 4.79 Å². The van der Waals surface area contributed by atoms with E-state index in [-0.39, 0.29) is 24.1 Å². The summed E-state index contributed by atoms with van der Waals surface area (Å²) in [5, 5.41) is 11.3. The Kier molecular flexibility index (Phi) is 5.26. The Morgan fingerprint density at radius 3 is 2.72 bits per heavy atom. The summed E-state index contributed by atoms with van der Waals surface area (Å²) in [5.41, 5.74) is 6.16. The van der Waals surface area contributed by atoms with Crippen LogP contribution in [0, 0.1) is 0 Å². The summed E-state index contributed by atoms with van der Waals surface area (Å²) in [6.45, 7) is 2.01. The van der Waals surface area contributed by atoms with Crippen molar-refractivity contribution in [1.29, 1.82) is 0 Å². The Labute approximate surface area is 105 Å². The minimum atomic E-state index is -1.10. The summed E-state index contributed by atoms with van der Waals surface area (Å²) in [6, 6.07) is 2.69. The number of amides is 1. The lowest BCUT2D eigenvalue weighted by molar-refractivity contribution is -0.116. The van der Waals surface area contributed by atoms with Crippen LogP contribution in [-0.4, -0.2) is 28.0 Å². The molecule has 1 aromatic heterocycles. The van der Waals surface area contributed by atoms with Gasteiger partial charge in [0.25, 0.3) is 0 Å². The maximum absolute atomic E-state index is 11.6. The van der Waals surface area contributed by atoms with Gasteiger partial charge in [-0.2, -0.15) is 0 Å². The van der Waals surface area contributed by atoms with Crippen LogP contribution in [0.25, 0.3) is 0 Å². The van der Waals surface area contributed by atoms with E-state index in [1.165, 1.54) is 18.3 Å². The number of aromatic carboxylic acids is 1. The number of hydrogen-bond donors (Lipinski definition) is 3. The fraction of sp³-hybridized carbons (Fsp3) is 0.417. The van der Waals surface area contributed by atoms with Crippen LogP contribution in [0.2, 0.25) is 0 Å². The first-order valence-electron chi connectivity index (χ1n) is 5.77. The maximum atomic E-state index is 11.6. The number of pyridine rings is 1. The van der Waals surface area contributed by atoms with Gasteiger partial charge in [0.2, 0.25) is 5.91 Å². The molecule has 0 saturated carbocycles. The summed E-state index contributed by atoms with van der Waals surface area (Å²) in [6.07, 6.45) is 3.29. The van der Waals surface area contributed by atoms with Crippen LogP contribution in [0.4, 0.5) is 5.69 Å².